The second-order valence-electron chi connectivity index (χ2n) is 5.44. The minimum absolute atomic E-state index is 0.0634. The molecule has 0 atom stereocenters. The number of amides is 1. The Morgan fingerprint density at radius 3 is 2.36 bits per heavy atom. The fourth-order valence-corrected chi connectivity index (χ4v) is 2.88. The molecule has 116 valence electrons. The largest absolute Gasteiger partial charge is 0.348 e. The predicted molar refractivity (Wildman–Crippen MR) is 87.3 cm³/mol. The van der Waals surface area contributed by atoms with Crippen molar-refractivity contribution in [3.63, 3.8) is 0 Å². The molecule has 0 aliphatic carbocycles. The molecule has 0 saturated carbocycles. The first kappa shape index (κ1) is 16.2. The minimum Gasteiger partial charge on any atom is -0.348 e. The van der Waals surface area contributed by atoms with Crippen LogP contribution in [0.3, 0.4) is 0 Å². The van der Waals surface area contributed by atoms with Crippen LogP contribution in [0, 0.1) is 6.92 Å². The number of sulfone groups is 1. The Morgan fingerprint density at radius 2 is 1.73 bits per heavy atom. The molecule has 22 heavy (non-hydrogen) atoms. The van der Waals surface area contributed by atoms with E-state index in [1.807, 2.05) is 31.2 Å². The first-order chi connectivity index (χ1) is 10.3. The molecule has 2 aromatic rings. The maximum atomic E-state index is 12.1. The van der Waals surface area contributed by atoms with Crippen molar-refractivity contribution < 1.29 is 13.2 Å². The second-order valence-corrected chi connectivity index (χ2v) is 7.58. The number of carbonyl (C=O) groups excluding carboxylic acids is 1. The molecule has 0 radical (unpaired) electrons. The summed E-state index contributed by atoms with van der Waals surface area (Å²) in [7, 11) is -3.11. The van der Waals surface area contributed by atoms with Gasteiger partial charge in [0, 0.05) is 18.4 Å². The predicted octanol–water partition coefficient (Wildman–Crippen LogP) is 2.47. The SMILES string of the molecule is Cc1ccc(CNC(=O)c2cccc(CS(C)(=O)=O)c2)cc1. The first-order valence-electron chi connectivity index (χ1n) is 6.94. The minimum atomic E-state index is -3.11. The van der Waals surface area contributed by atoms with Gasteiger partial charge < -0.3 is 5.32 Å². The van der Waals surface area contributed by atoms with Gasteiger partial charge in [0.15, 0.2) is 9.84 Å². The number of hydrogen-bond donors (Lipinski definition) is 1. The van der Waals surface area contributed by atoms with Crippen LogP contribution in [-0.2, 0) is 22.1 Å². The number of nitrogens with one attached hydrogen (secondary N) is 1. The Kier molecular flexibility index (Phi) is 4.98. The summed E-state index contributed by atoms with van der Waals surface area (Å²) in [6, 6.07) is 14.6. The van der Waals surface area contributed by atoms with Gasteiger partial charge in [-0.25, -0.2) is 8.42 Å². The lowest BCUT2D eigenvalue weighted by Crippen LogP contribution is -2.22. The Labute approximate surface area is 131 Å². The van der Waals surface area contributed by atoms with E-state index >= 15 is 0 Å². The van der Waals surface area contributed by atoms with E-state index < -0.39 is 9.84 Å². The molecule has 0 aromatic heterocycles. The summed E-state index contributed by atoms with van der Waals surface area (Å²) < 4.78 is 22.6. The van der Waals surface area contributed by atoms with E-state index in [1.165, 1.54) is 11.8 Å². The van der Waals surface area contributed by atoms with Crippen LogP contribution in [0.4, 0.5) is 0 Å². The van der Waals surface area contributed by atoms with Gasteiger partial charge in [-0.05, 0) is 30.2 Å². The van der Waals surface area contributed by atoms with E-state index in [4.69, 9.17) is 0 Å². The van der Waals surface area contributed by atoms with Crippen LogP contribution in [0.25, 0.3) is 0 Å². The molecule has 1 N–H and O–H groups in total. The molecule has 0 fully saturated rings. The fraction of sp³-hybridized carbons (Fsp3) is 0.235. The summed E-state index contributed by atoms with van der Waals surface area (Å²) in [4.78, 5) is 12.1. The Balaban J connectivity index is 2.03. The molecule has 0 saturated heterocycles. The summed E-state index contributed by atoms with van der Waals surface area (Å²) in [5.74, 6) is -0.276. The van der Waals surface area contributed by atoms with Crippen molar-refractivity contribution in [2.45, 2.75) is 19.2 Å². The second kappa shape index (κ2) is 6.75. The van der Waals surface area contributed by atoms with Crippen molar-refractivity contribution in [2.75, 3.05) is 6.26 Å². The number of benzene rings is 2. The highest BCUT2D eigenvalue weighted by Crippen LogP contribution is 2.09. The van der Waals surface area contributed by atoms with Crippen molar-refractivity contribution in [3.05, 3.63) is 70.8 Å². The quantitative estimate of drug-likeness (QED) is 0.921. The smallest absolute Gasteiger partial charge is 0.251 e. The van der Waals surface area contributed by atoms with E-state index in [-0.39, 0.29) is 11.7 Å². The third kappa shape index (κ3) is 5.00. The van der Waals surface area contributed by atoms with Gasteiger partial charge in [-0.15, -0.1) is 0 Å². The van der Waals surface area contributed by atoms with Gasteiger partial charge in [0.1, 0.15) is 0 Å². The van der Waals surface area contributed by atoms with E-state index in [0.29, 0.717) is 17.7 Å². The van der Waals surface area contributed by atoms with E-state index in [2.05, 4.69) is 5.32 Å². The molecule has 2 rings (SSSR count). The van der Waals surface area contributed by atoms with Gasteiger partial charge in [0.2, 0.25) is 0 Å². The number of hydrogen-bond acceptors (Lipinski definition) is 3. The number of rotatable bonds is 5. The highest BCUT2D eigenvalue weighted by molar-refractivity contribution is 7.89. The van der Waals surface area contributed by atoms with E-state index in [9.17, 15) is 13.2 Å². The molecule has 0 unspecified atom stereocenters. The van der Waals surface area contributed by atoms with Gasteiger partial charge in [0.05, 0.1) is 5.75 Å². The molecule has 0 spiro atoms. The lowest BCUT2D eigenvalue weighted by Gasteiger charge is -2.07. The summed E-state index contributed by atoms with van der Waals surface area (Å²) >= 11 is 0. The Hall–Kier alpha value is -2.14. The average molecular weight is 317 g/mol. The summed E-state index contributed by atoms with van der Waals surface area (Å²) in [6.07, 6.45) is 1.18. The maximum absolute atomic E-state index is 12.1. The molecule has 0 bridgehead atoms. The summed E-state index contributed by atoms with van der Waals surface area (Å²) in [6.45, 7) is 2.45. The standard InChI is InChI=1S/C17H19NO3S/c1-13-6-8-14(9-7-13)11-18-17(19)16-5-3-4-15(10-16)12-22(2,20)21/h3-10H,11-12H2,1-2H3,(H,18,19). The third-order valence-electron chi connectivity index (χ3n) is 3.19. The summed E-state index contributed by atoms with van der Waals surface area (Å²) in [5.41, 5.74) is 3.27. The molecular formula is C17H19NO3S. The van der Waals surface area contributed by atoms with Gasteiger partial charge in [-0.1, -0.05) is 42.0 Å². The molecule has 5 heteroatoms. The average Bonchev–Trinajstić information content (AvgIpc) is 2.45. The van der Waals surface area contributed by atoms with Gasteiger partial charge in [-0.2, -0.15) is 0 Å². The molecule has 2 aromatic carbocycles. The van der Waals surface area contributed by atoms with Crippen molar-refractivity contribution in [1.82, 2.24) is 5.32 Å². The van der Waals surface area contributed by atoms with Crippen LogP contribution in [-0.4, -0.2) is 20.6 Å². The van der Waals surface area contributed by atoms with E-state index in [1.54, 1.807) is 24.3 Å². The van der Waals surface area contributed by atoms with Crippen LogP contribution < -0.4 is 5.32 Å². The molecule has 0 aliphatic heterocycles. The molecule has 0 heterocycles. The Bertz CT molecular complexity index is 765. The van der Waals surface area contributed by atoms with Crippen LogP contribution in [0.15, 0.2) is 48.5 Å². The van der Waals surface area contributed by atoms with E-state index in [0.717, 1.165) is 5.56 Å². The van der Waals surface area contributed by atoms with Gasteiger partial charge in [-0.3, -0.25) is 4.79 Å². The lowest BCUT2D eigenvalue weighted by atomic mass is 10.1. The molecule has 0 aliphatic rings. The lowest BCUT2D eigenvalue weighted by molar-refractivity contribution is 0.0951. The van der Waals surface area contributed by atoms with Crippen LogP contribution in [0.2, 0.25) is 0 Å². The Morgan fingerprint density at radius 1 is 1.05 bits per heavy atom. The first-order valence-corrected chi connectivity index (χ1v) is 9.00. The van der Waals surface area contributed by atoms with Crippen molar-refractivity contribution in [2.24, 2.45) is 0 Å². The zero-order valence-electron chi connectivity index (χ0n) is 12.7. The van der Waals surface area contributed by atoms with Crippen LogP contribution in [0.5, 0.6) is 0 Å². The van der Waals surface area contributed by atoms with Crippen LogP contribution >= 0.6 is 0 Å². The van der Waals surface area contributed by atoms with Crippen molar-refractivity contribution in [1.29, 1.82) is 0 Å². The summed E-state index contributed by atoms with van der Waals surface area (Å²) in [5, 5.41) is 2.84. The zero-order valence-corrected chi connectivity index (χ0v) is 13.5. The highest BCUT2D eigenvalue weighted by Gasteiger charge is 2.09. The molecule has 1 amide bonds. The maximum Gasteiger partial charge on any atom is 0.251 e. The van der Waals surface area contributed by atoms with Crippen molar-refractivity contribution >= 4 is 15.7 Å². The molecular weight excluding hydrogens is 298 g/mol. The normalized spacial score (nSPS) is 11.2. The zero-order chi connectivity index (χ0) is 16.2. The third-order valence-corrected chi connectivity index (χ3v) is 4.05. The molecule has 4 nitrogen and oxygen atoms in total. The number of carbonyl (C=O) groups is 1. The van der Waals surface area contributed by atoms with Crippen LogP contribution in [0.1, 0.15) is 27.0 Å². The monoisotopic (exact) mass is 317 g/mol. The topological polar surface area (TPSA) is 63.2 Å². The van der Waals surface area contributed by atoms with Crippen molar-refractivity contribution in [3.8, 4) is 0 Å². The van der Waals surface area contributed by atoms with Gasteiger partial charge in [0.25, 0.3) is 5.91 Å². The highest BCUT2D eigenvalue weighted by atomic mass is 32.2. The van der Waals surface area contributed by atoms with Gasteiger partial charge >= 0.3 is 0 Å². The number of aryl methyl sites for hydroxylation is 1. The fourth-order valence-electron chi connectivity index (χ4n) is 2.10.